The highest BCUT2D eigenvalue weighted by molar-refractivity contribution is 6.23. The van der Waals surface area contributed by atoms with Crippen molar-refractivity contribution in [2.24, 2.45) is 17.8 Å². The van der Waals surface area contributed by atoms with Crippen molar-refractivity contribution in [1.82, 2.24) is 14.9 Å². The van der Waals surface area contributed by atoms with Crippen LogP contribution >= 0.6 is 0 Å². The van der Waals surface area contributed by atoms with E-state index in [1.807, 2.05) is 73.7 Å². The molecule has 190 valence electrons. The summed E-state index contributed by atoms with van der Waals surface area (Å²) in [6.45, 7) is 6.21. The minimum Gasteiger partial charge on any atom is -0.297 e. The molecule has 2 saturated heterocycles. The third-order valence-electron chi connectivity index (χ3n) is 8.38. The zero-order valence-corrected chi connectivity index (χ0v) is 21.5. The lowest BCUT2D eigenvalue weighted by molar-refractivity contribution is -0.123. The molecule has 4 atom stereocenters. The van der Waals surface area contributed by atoms with E-state index in [0.29, 0.717) is 40.4 Å². The summed E-state index contributed by atoms with van der Waals surface area (Å²) in [6, 6.07) is 22.2. The molecule has 0 aliphatic carbocycles. The average molecular weight is 505 g/mol. The molecule has 2 amide bonds. The topological polar surface area (TPSA) is 84.3 Å². The molecule has 3 aliphatic heterocycles. The van der Waals surface area contributed by atoms with E-state index >= 15 is 0 Å². The molecule has 4 heterocycles. The molecule has 1 spiro atoms. The Bertz CT molecular complexity index is 1710. The van der Waals surface area contributed by atoms with Gasteiger partial charge in [0.05, 0.1) is 34.1 Å². The third kappa shape index (κ3) is 2.88. The number of fused-ring (bicyclic) bond motifs is 8. The standard InChI is InChI=1S/C31H28N4O3/c1-17(2)16-23-25-26(29(38)34(28(25)37)19-14-12-18(3)13-15-19)31(33-23)21-9-5-7-11-24(21)35-27(36)20-8-4-6-10-22(20)32-30(31)35/h4-15,17,23,25-26,33H,16H2,1-3H3/t23-,25-,26-,31-/m1/s1. The Labute approximate surface area is 220 Å². The maximum absolute atomic E-state index is 14.4. The van der Waals surface area contributed by atoms with Crippen molar-refractivity contribution in [1.29, 1.82) is 0 Å². The van der Waals surface area contributed by atoms with Crippen LogP contribution in [0.3, 0.4) is 0 Å². The average Bonchev–Trinajstić information content (AvgIpc) is 3.48. The molecule has 3 aromatic carbocycles. The predicted molar refractivity (Wildman–Crippen MR) is 145 cm³/mol. The zero-order chi connectivity index (χ0) is 26.3. The van der Waals surface area contributed by atoms with Gasteiger partial charge in [0.1, 0.15) is 11.4 Å². The number of nitrogens with one attached hydrogen (secondary N) is 1. The maximum atomic E-state index is 14.4. The maximum Gasteiger partial charge on any atom is 0.266 e. The molecule has 1 N–H and O–H groups in total. The van der Waals surface area contributed by atoms with Crippen LogP contribution in [0, 0.1) is 24.7 Å². The molecule has 7 rings (SSSR count). The van der Waals surface area contributed by atoms with Gasteiger partial charge >= 0.3 is 0 Å². The van der Waals surface area contributed by atoms with Crippen molar-refractivity contribution in [2.75, 3.05) is 4.90 Å². The minimum absolute atomic E-state index is 0.173. The van der Waals surface area contributed by atoms with Crippen LogP contribution in [0.5, 0.6) is 0 Å². The molecule has 0 unspecified atom stereocenters. The van der Waals surface area contributed by atoms with Gasteiger partial charge in [0.15, 0.2) is 0 Å². The lowest BCUT2D eigenvalue weighted by Crippen LogP contribution is -2.50. The first-order valence-electron chi connectivity index (χ1n) is 13.2. The van der Waals surface area contributed by atoms with Crippen LogP contribution in [-0.2, 0) is 15.1 Å². The van der Waals surface area contributed by atoms with Gasteiger partial charge in [-0.25, -0.2) is 9.88 Å². The van der Waals surface area contributed by atoms with E-state index < -0.39 is 17.4 Å². The van der Waals surface area contributed by atoms with Gasteiger partial charge in [-0.15, -0.1) is 0 Å². The molecule has 0 bridgehead atoms. The Morgan fingerprint density at radius 3 is 2.39 bits per heavy atom. The number of hydrogen-bond acceptors (Lipinski definition) is 5. The number of amides is 2. The fourth-order valence-corrected chi connectivity index (χ4v) is 6.88. The lowest BCUT2D eigenvalue weighted by atomic mass is 9.75. The number of para-hydroxylation sites is 2. The summed E-state index contributed by atoms with van der Waals surface area (Å²) < 4.78 is 1.64. The summed E-state index contributed by atoms with van der Waals surface area (Å²) in [4.78, 5) is 48.7. The van der Waals surface area contributed by atoms with Gasteiger partial charge < -0.3 is 0 Å². The van der Waals surface area contributed by atoms with Gasteiger partial charge in [-0.1, -0.05) is 61.9 Å². The van der Waals surface area contributed by atoms with E-state index in [2.05, 4.69) is 19.2 Å². The van der Waals surface area contributed by atoms with E-state index in [0.717, 1.165) is 11.1 Å². The van der Waals surface area contributed by atoms with Crippen molar-refractivity contribution in [3.63, 3.8) is 0 Å². The van der Waals surface area contributed by atoms with Crippen molar-refractivity contribution >= 4 is 28.4 Å². The van der Waals surface area contributed by atoms with Gasteiger partial charge in [0.2, 0.25) is 11.8 Å². The zero-order valence-electron chi connectivity index (χ0n) is 21.5. The molecule has 7 nitrogen and oxygen atoms in total. The van der Waals surface area contributed by atoms with Crippen LogP contribution in [-0.4, -0.2) is 27.4 Å². The van der Waals surface area contributed by atoms with Gasteiger partial charge in [-0.2, -0.15) is 0 Å². The second-order valence-electron chi connectivity index (χ2n) is 11.1. The monoisotopic (exact) mass is 504 g/mol. The smallest absolute Gasteiger partial charge is 0.266 e. The summed E-state index contributed by atoms with van der Waals surface area (Å²) in [5.41, 5.74) is 2.45. The van der Waals surface area contributed by atoms with Gasteiger partial charge in [-0.05, 0) is 49.6 Å². The Kier molecular flexibility index (Phi) is 4.82. The van der Waals surface area contributed by atoms with Crippen molar-refractivity contribution in [3.05, 3.63) is 100 Å². The number of aryl methyl sites for hydroxylation is 1. The normalized spacial score (nSPS) is 25.5. The Balaban J connectivity index is 1.52. The van der Waals surface area contributed by atoms with Crippen LogP contribution in [0.4, 0.5) is 5.69 Å². The first kappa shape index (κ1) is 23.0. The van der Waals surface area contributed by atoms with E-state index in [1.165, 1.54) is 4.90 Å². The number of carbonyl (C=O) groups is 2. The van der Waals surface area contributed by atoms with Gasteiger partial charge in [0.25, 0.3) is 5.56 Å². The third-order valence-corrected chi connectivity index (χ3v) is 8.38. The molecule has 7 heteroatoms. The number of carbonyl (C=O) groups excluding carboxylic acids is 2. The van der Waals surface area contributed by atoms with Crippen molar-refractivity contribution in [3.8, 4) is 5.69 Å². The van der Waals surface area contributed by atoms with Crippen LogP contribution < -0.4 is 15.8 Å². The molecule has 3 aliphatic rings. The molecule has 2 fully saturated rings. The van der Waals surface area contributed by atoms with E-state index in [1.54, 1.807) is 10.6 Å². The molecule has 38 heavy (non-hydrogen) atoms. The Morgan fingerprint density at radius 1 is 0.921 bits per heavy atom. The largest absolute Gasteiger partial charge is 0.297 e. The number of anilines is 1. The molecule has 0 saturated carbocycles. The molecule has 0 radical (unpaired) electrons. The summed E-state index contributed by atoms with van der Waals surface area (Å²) in [6.07, 6.45) is 0.712. The molecule has 1 aromatic heterocycles. The quantitative estimate of drug-likeness (QED) is 0.425. The number of aromatic nitrogens is 2. The Morgan fingerprint density at radius 2 is 1.63 bits per heavy atom. The van der Waals surface area contributed by atoms with E-state index in [-0.39, 0.29) is 23.4 Å². The fraction of sp³-hybridized carbons (Fsp3) is 0.290. The van der Waals surface area contributed by atoms with Gasteiger partial charge in [0, 0.05) is 11.6 Å². The first-order valence-corrected chi connectivity index (χ1v) is 13.2. The number of benzene rings is 3. The summed E-state index contributed by atoms with van der Waals surface area (Å²) in [7, 11) is 0. The summed E-state index contributed by atoms with van der Waals surface area (Å²) in [5, 5.41) is 4.28. The fourth-order valence-electron chi connectivity index (χ4n) is 6.88. The molecule has 4 aromatic rings. The second kappa shape index (κ2) is 7.95. The predicted octanol–water partition coefficient (Wildman–Crippen LogP) is 4.07. The van der Waals surface area contributed by atoms with Crippen molar-refractivity contribution in [2.45, 2.75) is 38.8 Å². The Hall–Kier alpha value is -4.10. The van der Waals surface area contributed by atoms with Gasteiger partial charge in [-0.3, -0.25) is 24.3 Å². The van der Waals surface area contributed by atoms with E-state index in [4.69, 9.17) is 4.98 Å². The molecular weight excluding hydrogens is 476 g/mol. The number of rotatable bonds is 3. The number of imide groups is 1. The number of nitrogens with zero attached hydrogens (tertiary/aromatic N) is 3. The minimum atomic E-state index is -1.10. The second-order valence-corrected chi connectivity index (χ2v) is 11.1. The first-order chi connectivity index (χ1) is 18.3. The van der Waals surface area contributed by atoms with Crippen LogP contribution in [0.15, 0.2) is 77.6 Å². The van der Waals surface area contributed by atoms with Crippen LogP contribution in [0.2, 0.25) is 0 Å². The summed E-state index contributed by atoms with van der Waals surface area (Å²) >= 11 is 0. The SMILES string of the molecule is Cc1ccc(N2C(=O)[C@@H]3[C@@H](CC(C)C)N[C@]4(c5ccccc5-n5c4nc4ccccc4c5=O)[C@H]3C2=O)cc1. The highest BCUT2D eigenvalue weighted by Gasteiger charge is 2.69. The highest BCUT2D eigenvalue weighted by Crippen LogP contribution is 2.56. The van der Waals surface area contributed by atoms with E-state index in [9.17, 15) is 14.4 Å². The lowest BCUT2D eigenvalue weighted by Gasteiger charge is -2.32. The number of hydrogen-bond donors (Lipinski definition) is 1. The highest BCUT2D eigenvalue weighted by atomic mass is 16.2. The van der Waals surface area contributed by atoms with Crippen molar-refractivity contribution < 1.29 is 9.59 Å². The summed E-state index contributed by atoms with van der Waals surface area (Å²) in [5.74, 6) is -0.984. The van der Waals surface area contributed by atoms with Crippen LogP contribution in [0.25, 0.3) is 16.6 Å². The molecular formula is C31H28N4O3. The van der Waals surface area contributed by atoms with Crippen LogP contribution in [0.1, 0.15) is 37.2 Å².